The first-order valence-corrected chi connectivity index (χ1v) is 8.64. The third-order valence-electron chi connectivity index (χ3n) is 3.43. The highest BCUT2D eigenvalue weighted by atomic mass is 35.7. The average Bonchev–Trinajstić information content (AvgIpc) is 2.91. The Labute approximate surface area is 125 Å². The number of nitrogens with one attached hydrogen (secondary N) is 1. The molecule has 1 fully saturated rings. The monoisotopic (exact) mass is 332 g/mol. The molecule has 1 N–H and O–H groups in total. The number of nitro benzene ring substituents is 1. The van der Waals surface area contributed by atoms with Crippen molar-refractivity contribution in [3.8, 4) is 0 Å². The Morgan fingerprint density at radius 3 is 2.48 bits per heavy atom. The number of nitro groups is 1. The van der Waals surface area contributed by atoms with Crippen LogP contribution >= 0.6 is 10.7 Å². The van der Waals surface area contributed by atoms with E-state index >= 15 is 0 Å². The van der Waals surface area contributed by atoms with E-state index in [1.165, 1.54) is 6.07 Å². The van der Waals surface area contributed by atoms with Gasteiger partial charge >= 0.3 is 0 Å². The molecule has 9 heteroatoms. The fourth-order valence-corrected chi connectivity index (χ4v) is 3.11. The molecule has 7 nitrogen and oxygen atoms in total. The number of amides is 1. The summed E-state index contributed by atoms with van der Waals surface area (Å²) in [5, 5.41) is 13.5. The summed E-state index contributed by atoms with van der Waals surface area (Å²) < 4.78 is 22.4. The number of carbonyl (C=O) groups is 1. The van der Waals surface area contributed by atoms with E-state index in [1.807, 2.05) is 0 Å². The second-order valence-corrected chi connectivity index (χ2v) is 7.41. The Morgan fingerprint density at radius 1 is 1.33 bits per heavy atom. The van der Waals surface area contributed by atoms with Crippen LogP contribution in [0.4, 0.5) is 11.4 Å². The maximum absolute atomic E-state index is 12.0. The quantitative estimate of drug-likeness (QED) is 0.518. The summed E-state index contributed by atoms with van der Waals surface area (Å²) in [7, 11) is 1.09. The van der Waals surface area contributed by atoms with Gasteiger partial charge < -0.3 is 5.32 Å². The second-order valence-electron chi connectivity index (χ2n) is 4.84. The number of halogens is 1. The first kappa shape index (κ1) is 15.7. The fourth-order valence-electron chi connectivity index (χ4n) is 2.34. The smallest absolute Gasteiger partial charge is 0.294 e. The molecule has 0 radical (unpaired) electrons. The number of benzene rings is 1. The zero-order valence-corrected chi connectivity index (χ0v) is 12.5. The number of hydrogen-bond acceptors (Lipinski definition) is 5. The second kappa shape index (κ2) is 5.98. The molecule has 0 spiro atoms. The third kappa shape index (κ3) is 3.70. The van der Waals surface area contributed by atoms with E-state index in [4.69, 9.17) is 10.7 Å². The molecule has 1 saturated carbocycles. The average molecular weight is 333 g/mol. The maximum Gasteiger partial charge on any atom is 0.294 e. The molecule has 1 aliphatic carbocycles. The van der Waals surface area contributed by atoms with Gasteiger partial charge in [-0.15, -0.1) is 0 Å². The lowest BCUT2D eigenvalue weighted by atomic mass is 10.1. The van der Waals surface area contributed by atoms with Crippen LogP contribution in [0.1, 0.15) is 25.7 Å². The molecule has 0 bridgehead atoms. The van der Waals surface area contributed by atoms with Gasteiger partial charge in [0.1, 0.15) is 5.69 Å². The maximum atomic E-state index is 12.0. The standard InChI is InChI=1S/C12H13ClN2O5S/c13-21(19,20)9-5-6-10(11(7-9)15(17)18)14-12(16)8-3-1-2-4-8/h5-8H,1-4H2,(H,14,16). The van der Waals surface area contributed by atoms with Gasteiger partial charge in [0.15, 0.2) is 0 Å². The zero-order valence-electron chi connectivity index (χ0n) is 10.9. The van der Waals surface area contributed by atoms with Gasteiger partial charge in [0.25, 0.3) is 14.7 Å². The van der Waals surface area contributed by atoms with E-state index in [0.29, 0.717) is 0 Å². The van der Waals surface area contributed by atoms with Crippen molar-refractivity contribution in [2.24, 2.45) is 5.92 Å². The molecule has 1 aliphatic rings. The molecule has 2 rings (SSSR count). The molecule has 1 aromatic rings. The minimum Gasteiger partial charge on any atom is -0.320 e. The van der Waals surface area contributed by atoms with E-state index in [2.05, 4.69) is 5.32 Å². The highest BCUT2D eigenvalue weighted by molar-refractivity contribution is 8.13. The first-order chi connectivity index (χ1) is 9.79. The van der Waals surface area contributed by atoms with E-state index in [9.17, 15) is 23.3 Å². The Bertz CT molecular complexity index is 683. The van der Waals surface area contributed by atoms with Crippen molar-refractivity contribution >= 4 is 37.0 Å². The summed E-state index contributed by atoms with van der Waals surface area (Å²) in [6, 6.07) is 3.15. The summed E-state index contributed by atoms with van der Waals surface area (Å²) in [6.07, 6.45) is 3.44. The Morgan fingerprint density at radius 2 is 1.95 bits per heavy atom. The lowest BCUT2D eigenvalue weighted by molar-refractivity contribution is -0.384. The van der Waals surface area contributed by atoms with Crippen LogP contribution in [0.2, 0.25) is 0 Å². The molecule has 0 atom stereocenters. The first-order valence-electron chi connectivity index (χ1n) is 6.33. The van der Waals surface area contributed by atoms with Gasteiger partial charge in [-0.25, -0.2) is 8.42 Å². The number of nitrogens with zero attached hydrogens (tertiary/aromatic N) is 1. The number of hydrogen-bond donors (Lipinski definition) is 1. The summed E-state index contributed by atoms with van der Waals surface area (Å²) in [5.41, 5.74) is -0.524. The van der Waals surface area contributed by atoms with Crippen molar-refractivity contribution in [1.82, 2.24) is 0 Å². The van der Waals surface area contributed by atoms with E-state index in [-0.39, 0.29) is 22.4 Å². The minimum absolute atomic E-state index is 0.0269. The van der Waals surface area contributed by atoms with Crippen LogP contribution < -0.4 is 5.32 Å². The summed E-state index contributed by atoms with van der Waals surface area (Å²) >= 11 is 0. The highest BCUT2D eigenvalue weighted by Gasteiger charge is 2.26. The molecule has 1 amide bonds. The molecule has 0 heterocycles. The normalized spacial score (nSPS) is 15.9. The van der Waals surface area contributed by atoms with Crippen molar-refractivity contribution in [3.05, 3.63) is 28.3 Å². The molecule has 0 saturated heterocycles. The predicted octanol–water partition coefficient (Wildman–Crippen LogP) is 2.65. The van der Waals surface area contributed by atoms with Crippen molar-refractivity contribution < 1.29 is 18.1 Å². The van der Waals surface area contributed by atoms with Crippen LogP contribution in [0.5, 0.6) is 0 Å². The third-order valence-corrected chi connectivity index (χ3v) is 4.78. The molecule has 1 aromatic carbocycles. The Hall–Kier alpha value is -1.67. The van der Waals surface area contributed by atoms with Crippen molar-refractivity contribution in [2.75, 3.05) is 5.32 Å². The number of carbonyl (C=O) groups excluding carboxylic acids is 1. The summed E-state index contributed by atoms with van der Waals surface area (Å²) in [5.74, 6) is -0.432. The highest BCUT2D eigenvalue weighted by Crippen LogP contribution is 2.31. The zero-order chi connectivity index (χ0) is 15.6. The number of rotatable bonds is 4. The molecule has 21 heavy (non-hydrogen) atoms. The minimum atomic E-state index is -4.06. The van der Waals surface area contributed by atoms with Gasteiger partial charge in [0.05, 0.1) is 9.82 Å². The van der Waals surface area contributed by atoms with Crippen molar-refractivity contribution in [3.63, 3.8) is 0 Å². The van der Waals surface area contributed by atoms with Gasteiger partial charge in [-0.05, 0) is 25.0 Å². The van der Waals surface area contributed by atoms with Crippen LogP contribution in [0, 0.1) is 16.0 Å². The molecule has 0 aromatic heterocycles. The molecule has 114 valence electrons. The van der Waals surface area contributed by atoms with Crippen molar-refractivity contribution in [1.29, 1.82) is 0 Å². The fraction of sp³-hybridized carbons (Fsp3) is 0.417. The van der Waals surface area contributed by atoms with Gasteiger partial charge in [-0.2, -0.15) is 0 Å². The van der Waals surface area contributed by atoms with Crippen LogP contribution in [0.15, 0.2) is 23.1 Å². The molecule has 0 unspecified atom stereocenters. The molecule has 0 aliphatic heterocycles. The van der Waals surface area contributed by atoms with E-state index in [1.54, 1.807) is 0 Å². The summed E-state index contributed by atoms with van der Waals surface area (Å²) in [4.78, 5) is 21.9. The number of anilines is 1. The predicted molar refractivity (Wildman–Crippen MR) is 76.7 cm³/mol. The SMILES string of the molecule is O=C(Nc1ccc(S(=O)(=O)Cl)cc1[N+](=O)[O-])C1CCCC1. The Kier molecular flexibility index (Phi) is 4.48. The lowest BCUT2D eigenvalue weighted by Gasteiger charge is -2.11. The Balaban J connectivity index is 2.30. The van der Waals surface area contributed by atoms with Gasteiger partial charge in [-0.3, -0.25) is 14.9 Å². The summed E-state index contributed by atoms with van der Waals surface area (Å²) in [6.45, 7) is 0. The van der Waals surface area contributed by atoms with Gasteiger partial charge in [-0.1, -0.05) is 12.8 Å². The van der Waals surface area contributed by atoms with Crippen molar-refractivity contribution in [2.45, 2.75) is 30.6 Å². The lowest BCUT2D eigenvalue weighted by Crippen LogP contribution is -2.20. The van der Waals surface area contributed by atoms with Crippen LogP contribution in [0.3, 0.4) is 0 Å². The molecular weight excluding hydrogens is 320 g/mol. The van der Waals surface area contributed by atoms with Gasteiger partial charge in [0, 0.05) is 22.7 Å². The van der Waals surface area contributed by atoms with Gasteiger partial charge in [0.2, 0.25) is 5.91 Å². The van der Waals surface area contributed by atoms with E-state index < -0.39 is 19.7 Å². The van der Waals surface area contributed by atoms with E-state index in [0.717, 1.165) is 37.8 Å². The van der Waals surface area contributed by atoms with Crippen LogP contribution in [-0.2, 0) is 13.8 Å². The molecular formula is C12H13ClN2O5S. The topological polar surface area (TPSA) is 106 Å². The van der Waals surface area contributed by atoms with Crippen LogP contribution in [0.25, 0.3) is 0 Å². The largest absolute Gasteiger partial charge is 0.320 e. The van der Waals surface area contributed by atoms with Crippen LogP contribution in [-0.4, -0.2) is 19.2 Å².